The third-order valence-electron chi connectivity index (χ3n) is 2.83. The van der Waals surface area contributed by atoms with E-state index >= 15 is 0 Å². The number of benzene rings is 2. The maximum atomic E-state index is 13.1. The molecule has 0 aliphatic carbocycles. The summed E-state index contributed by atoms with van der Waals surface area (Å²) in [5, 5.41) is 2.71. The van der Waals surface area contributed by atoms with Crippen LogP contribution < -0.4 is 5.32 Å². The summed E-state index contributed by atoms with van der Waals surface area (Å²) in [6.45, 7) is 3.88. The molecule has 0 unspecified atom stereocenters. The molecule has 5 heteroatoms. The predicted octanol–water partition coefficient (Wildman–Crippen LogP) is 3.19. The van der Waals surface area contributed by atoms with Crippen molar-refractivity contribution >= 4 is 22.4 Å². The minimum atomic E-state index is -1.56. The monoisotopic (exact) mass is 305 g/mol. The molecule has 0 aromatic heterocycles. The minimum absolute atomic E-state index is 0.198. The number of carbonyl (C=O) groups is 1. The summed E-state index contributed by atoms with van der Waals surface area (Å²) in [5.74, 6) is -1.02. The molecular formula is C16H16FNO2S. The molecule has 1 N–H and O–H groups in total. The number of carbonyl (C=O) groups excluding carboxylic acids is 1. The van der Waals surface area contributed by atoms with Crippen LogP contribution in [0, 0.1) is 19.7 Å². The van der Waals surface area contributed by atoms with Gasteiger partial charge in [0.15, 0.2) is 0 Å². The first kappa shape index (κ1) is 15.4. The van der Waals surface area contributed by atoms with Gasteiger partial charge in [-0.05, 0) is 55.3 Å². The van der Waals surface area contributed by atoms with Gasteiger partial charge in [-0.15, -0.1) is 0 Å². The Bertz CT molecular complexity index is 680. The van der Waals surface area contributed by atoms with Gasteiger partial charge in [-0.1, -0.05) is 12.1 Å². The molecule has 3 nitrogen and oxygen atoms in total. The number of aryl methyl sites for hydroxylation is 2. The van der Waals surface area contributed by atoms with Crippen molar-refractivity contribution in [3.05, 3.63) is 59.4 Å². The topological polar surface area (TPSA) is 46.2 Å². The lowest BCUT2D eigenvalue weighted by atomic mass is 10.1. The number of hydrogen-bond donors (Lipinski definition) is 1. The minimum Gasteiger partial charge on any atom is -0.325 e. The van der Waals surface area contributed by atoms with E-state index in [0.717, 1.165) is 11.1 Å². The van der Waals surface area contributed by atoms with Crippen LogP contribution in [-0.2, 0) is 15.6 Å². The summed E-state index contributed by atoms with van der Waals surface area (Å²) in [5.41, 5.74) is 2.75. The van der Waals surface area contributed by atoms with Crippen molar-refractivity contribution in [2.75, 3.05) is 11.1 Å². The van der Waals surface area contributed by atoms with E-state index in [9.17, 15) is 13.4 Å². The predicted molar refractivity (Wildman–Crippen MR) is 82.2 cm³/mol. The van der Waals surface area contributed by atoms with Crippen molar-refractivity contribution in [2.45, 2.75) is 18.7 Å². The molecule has 0 spiro atoms. The quantitative estimate of drug-likeness (QED) is 0.943. The summed E-state index contributed by atoms with van der Waals surface area (Å²) >= 11 is 0. The van der Waals surface area contributed by atoms with Gasteiger partial charge in [0.1, 0.15) is 11.6 Å². The third kappa shape index (κ3) is 4.49. The number of rotatable bonds is 4. The van der Waals surface area contributed by atoms with Crippen LogP contribution in [0.25, 0.3) is 0 Å². The molecular weight excluding hydrogens is 289 g/mol. The summed E-state index contributed by atoms with van der Waals surface area (Å²) < 4.78 is 25.1. The van der Waals surface area contributed by atoms with E-state index in [4.69, 9.17) is 0 Å². The maximum Gasteiger partial charge on any atom is 0.237 e. The normalized spacial score (nSPS) is 12.0. The molecule has 0 aliphatic rings. The molecule has 0 fully saturated rings. The second-order valence-electron chi connectivity index (χ2n) is 4.87. The average molecular weight is 305 g/mol. The van der Waals surface area contributed by atoms with Gasteiger partial charge in [-0.3, -0.25) is 9.00 Å². The van der Waals surface area contributed by atoms with Crippen molar-refractivity contribution < 1.29 is 13.4 Å². The van der Waals surface area contributed by atoms with E-state index in [1.165, 1.54) is 18.2 Å². The molecule has 0 radical (unpaired) electrons. The van der Waals surface area contributed by atoms with Crippen LogP contribution in [0.5, 0.6) is 0 Å². The molecule has 2 aromatic carbocycles. The van der Waals surface area contributed by atoms with Gasteiger partial charge in [0.25, 0.3) is 0 Å². The van der Waals surface area contributed by atoms with Gasteiger partial charge in [0, 0.05) is 10.6 Å². The Balaban J connectivity index is 2.03. The van der Waals surface area contributed by atoms with E-state index in [2.05, 4.69) is 5.32 Å². The van der Waals surface area contributed by atoms with Crippen LogP contribution in [0.15, 0.2) is 47.4 Å². The van der Waals surface area contributed by atoms with Crippen LogP contribution in [-0.4, -0.2) is 15.9 Å². The first-order valence-corrected chi connectivity index (χ1v) is 7.78. The zero-order valence-electron chi connectivity index (χ0n) is 11.9. The Morgan fingerprint density at radius 1 is 1.14 bits per heavy atom. The first-order valence-electron chi connectivity index (χ1n) is 6.46. The van der Waals surface area contributed by atoms with E-state index in [1.807, 2.05) is 32.0 Å². The summed E-state index contributed by atoms with van der Waals surface area (Å²) in [6, 6.07) is 11.2. The van der Waals surface area contributed by atoms with Gasteiger partial charge in [-0.25, -0.2) is 4.39 Å². The Morgan fingerprint density at radius 3 is 2.43 bits per heavy atom. The van der Waals surface area contributed by atoms with Gasteiger partial charge in [0.05, 0.1) is 10.8 Å². The van der Waals surface area contributed by atoms with Crippen molar-refractivity contribution in [1.29, 1.82) is 0 Å². The van der Waals surface area contributed by atoms with Crippen molar-refractivity contribution in [2.24, 2.45) is 0 Å². The highest BCUT2D eigenvalue weighted by atomic mass is 32.2. The second kappa shape index (κ2) is 6.63. The van der Waals surface area contributed by atoms with Gasteiger partial charge < -0.3 is 5.32 Å². The molecule has 21 heavy (non-hydrogen) atoms. The van der Waals surface area contributed by atoms with Crippen LogP contribution >= 0.6 is 0 Å². The van der Waals surface area contributed by atoms with Crippen LogP contribution in [0.3, 0.4) is 0 Å². The number of hydrogen-bond acceptors (Lipinski definition) is 2. The molecule has 1 amide bonds. The highest BCUT2D eigenvalue weighted by Gasteiger charge is 2.11. The number of amides is 1. The Kier molecular flexibility index (Phi) is 4.85. The molecule has 0 saturated heterocycles. The van der Waals surface area contributed by atoms with Crippen molar-refractivity contribution in [3.8, 4) is 0 Å². The van der Waals surface area contributed by atoms with Gasteiger partial charge in [-0.2, -0.15) is 0 Å². The summed E-state index contributed by atoms with van der Waals surface area (Å²) in [7, 11) is -1.56. The molecule has 0 aliphatic heterocycles. The van der Waals surface area contributed by atoms with Crippen molar-refractivity contribution in [3.63, 3.8) is 0 Å². The lowest BCUT2D eigenvalue weighted by Gasteiger charge is -2.07. The summed E-state index contributed by atoms with van der Waals surface area (Å²) in [6.07, 6.45) is 0. The Morgan fingerprint density at radius 2 is 1.81 bits per heavy atom. The molecule has 2 aromatic rings. The molecule has 0 bridgehead atoms. The highest BCUT2D eigenvalue weighted by Crippen LogP contribution is 2.14. The maximum absolute atomic E-state index is 13.1. The first-order chi connectivity index (χ1) is 9.94. The molecule has 1 atom stereocenters. The van der Waals surface area contributed by atoms with Crippen molar-refractivity contribution in [1.82, 2.24) is 0 Å². The van der Waals surface area contributed by atoms with Gasteiger partial charge >= 0.3 is 0 Å². The largest absolute Gasteiger partial charge is 0.325 e. The highest BCUT2D eigenvalue weighted by molar-refractivity contribution is 7.85. The SMILES string of the molecule is Cc1cc(C)cc(NC(=O)C[S@](=O)c2cccc(F)c2)c1. The van der Waals surface area contributed by atoms with E-state index in [0.29, 0.717) is 10.6 Å². The van der Waals surface area contributed by atoms with Crippen LogP contribution in [0.4, 0.5) is 10.1 Å². The van der Waals surface area contributed by atoms with E-state index < -0.39 is 16.6 Å². The molecule has 2 rings (SSSR count). The van der Waals surface area contributed by atoms with E-state index in [1.54, 1.807) is 6.07 Å². The number of anilines is 1. The second-order valence-corrected chi connectivity index (χ2v) is 6.32. The van der Waals surface area contributed by atoms with Crippen LogP contribution in [0.2, 0.25) is 0 Å². The van der Waals surface area contributed by atoms with E-state index in [-0.39, 0.29) is 11.7 Å². The lowest BCUT2D eigenvalue weighted by Crippen LogP contribution is -2.19. The average Bonchev–Trinajstić information content (AvgIpc) is 2.37. The lowest BCUT2D eigenvalue weighted by molar-refractivity contribution is -0.113. The molecule has 110 valence electrons. The van der Waals surface area contributed by atoms with Crippen LogP contribution in [0.1, 0.15) is 11.1 Å². The van der Waals surface area contributed by atoms with Gasteiger partial charge in [0.2, 0.25) is 5.91 Å². The fourth-order valence-electron chi connectivity index (χ4n) is 2.05. The molecule has 0 saturated carbocycles. The Labute approximate surface area is 125 Å². The smallest absolute Gasteiger partial charge is 0.237 e. The fourth-order valence-corrected chi connectivity index (χ4v) is 3.01. The number of halogens is 1. The fraction of sp³-hybridized carbons (Fsp3) is 0.188. The number of nitrogens with one attached hydrogen (secondary N) is 1. The standard InChI is InChI=1S/C16H16FNO2S/c1-11-6-12(2)8-14(7-11)18-16(19)10-21(20)15-5-3-4-13(17)9-15/h3-9H,10H2,1-2H3,(H,18,19)/t21-/m0/s1. The molecule has 0 heterocycles. The summed E-state index contributed by atoms with van der Waals surface area (Å²) in [4.78, 5) is 12.2. The third-order valence-corrected chi connectivity index (χ3v) is 4.13. The zero-order chi connectivity index (χ0) is 15.4. The zero-order valence-corrected chi connectivity index (χ0v) is 12.7. The Hall–Kier alpha value is -2.01.